The predicted octanol–water partition coefficient (Wildman–Crippen LogP) is 3.80. The lowest BCUT2D eigenvalue weighted by Gasteiger charge is -2.30. The van der Waals surface area contributed by atoms with Crippen LogP contribution in [0.1, 0.15) is 29.9 Å². The summed E-state index contributed by atoms with van der Waals surface area (Å²) >= 11 is 5.56. The number of benzene rings is 1. The maximum absolute atomic E-state index is 13.0. The third kappa shape index (κ3) is 4.96. The van der Waals surface area contributed by atoms with Gasteiger partial charge < -0.3 is 9.26 Å². The lowest BCUT2D eigenvalue weighted by molar-refractivity contribution is -0.151. The molecule has 0 unspecified atom stereocenters. The zero-order chi connectivity index (χ0) is 22.1. The molecule has 30 heavy (non-hydrogen) atoms. The van der Waals surface area contributed by atoms with Gasteiger partial charge in [-0.05, 0) is 38.0 Å². The highest BCUT2D eigenvalue weighted by molar-refractivity contribution is 7.89. The summed E-state index contributed by atoms with van der Waals surface area (Å²) in [5.41, 5.74) is -0.568. The van der Waals surface area contributed by atoms with Crippen LogP contribution in [0.2, 0.25) is 5.02 Å². The van der Waals surface area contributed by atoms with Crippen LogP contribution in [0.3, 0.4) is 0 Å². The third-order valence-electron chi connectivity index (χ3n) is 4.70. The summed E-state index contributed by atoms with van der Waals surface area (Å²) in [7, 11) is -4.16. The number of halogens is 4. The Morgan fingerprint density at radius 2 is 1.97 bits per heavy atom. The number of piperidine rings is 1. The summed E-state index contributed by atoms with van der Waals surface area (Å²) in [5, 5.41) is 3.10. The van der Waals surface area contributed by atoms with Crippen molar-refractivity contribution in [2.75, 3.05) is 13.1 Å². The minimum Gasteiger partial charge on any atom is -0.457 e. The van der Waals surface area contributed by atoms with Crippen LogP contribution in [0, 0.1) is 12.8 Å². The van der Waals surface area contributed by atoms with E-state index in [1.165, 1.54) is 0 Å². The van der Waals surface area contributed by atoms with Gasteiger partial charge in [0.05, 0.1) is 27.1 Å². The van der Waals surface area contributed by atoms with Crippen molar-refractivity contribution in [3.8, 4) is 0 Å². The molecule has 0 amide bonds. The minimum atomic E-state index is -4.78. The first-order valence-corrected chi connectivity index (χ1v) is 10.8. The van der Waals surface area contributed by atoms with E-state index in [2.05, 4.69) is 5.16 Å². The molecule has 0 N–H and O–H groups in total. The number of esters is 1. The van der Waals surface area contributed by atoms with Gasteiger partial charge in [-0.3, -0.25) is 4.79 Å². The van der Waals surface area contributed by atoms with Crippen LogP contribution in [-0.4, -0.2) is 36.9 Å². The largest absolute Gasteiger partial charge is 0.457 e. The highest BCUT2D eigenvalue weighted by Gasteiger charge is 2.37. The molecule has 1 aliphatic rings. The first-order valence-electron chi connectivity index (χ1n) is 8.94. The molecule has 0 spiro atoms. The smallest absolute Gasteiger partial charge is 0.417 e. The van der Waals surface area contributed by atoms with Crippen molar-refractivity contribution in [3.05, 3.63) is 46.3 Å². The minimum absolute atomic E-state index is 0.0203. The zero-order valence-corrected chi connectivity index (χ0v) is 17.4. The SMILES string of the molecule is Cc1cc(COC(=O)C2CCN(S(=O)(=O)c3ccc(Cl)c(C(F)(F)F)c3)CC2)on1. The molecule has 0 atom stereocenters. The molecule has 1 aromatic carbocycles. The second-order valence-corrected chi connectivity index (χ2v) is 9.21. The number of aryl methyl sites for hydroxylation is 1. The van der Waals surface area contributed by atoms with Gasteiger partial charge in [0.25, 0.3) is 0 Å². The second-order valence-electron chi connectivity index (χ2n) is 6.86. The van der Waals surface area contributed by atoms with Crippen LogP contribution in [0.25, 0.3) is 0 Å². The molecule has 0 saturated carbocycles. The number of sulfonamides is 1. The summed E-state index contributed by atoms with van der Waals surface area (Å²) in [6.45, 7) is 1.60. The molecule has 0 bridgehead atoms. The summed E-state index contributed by atoms with van der Waals surface area (Å²) in [4.78, 5) is 11.7. The quantitative estimate of drug-likeness (QED) is 0.623. The lowest BCUT2D eigenvalue weighted by atomic mass is 9.98. The van der Waals surface area contributed by atoms with Gasteiger partial charge in [0.1, 0.15) is 0 Å². The van der Waals surface area contributed by atoms with Gasteiger partial charge in [0.2, 0.25) is 10.0 Å². The van der Waals surface area contributed by atoms with E-state index in [1.54, 1.807) is 13.0 Å². The Bertz CT molecular complexity index is 1030. The van der Waals surface area contributed by atoms with Gasteiger partial charge >= 0.3 is 12.1 Å². The van der Waals surface area contributed by atoms with E-state index in [0.717, 1.165) is 16.4 Å². The topological polar surface area (TPSA) is 89.7 Å². The molecule has 1 fully saturated rings. The lowest BCUT2D eigenvalue weighted by Crippen LogP contribution is -2.40. The van der Waals surface area contributed by atoms with Gasteiger partial charge in [-0.15, -0.1) is 0 Å². The van der Waals surface area contributed by atoms with Crippen LogP contribution in [0.4, 0.5) is 13.2 Å². The number of hydrogen-bond donors (Lipinski definition) is 0. The Hall–Kier alpha value is -2.11. The van der Waals surface area contributed by atoms with Crippen molar-refractivity contribution in [1.29, 1.82) is 0 Å². The van der Waals surface area contributed by atoms with E-state index in [4.69, 9.17) is 20.9 Å². The summed E-state index contributed by atoms with van der Waals surface area (Å²) in [6, 6.07) is 4.10. The van der Waals surface area contributed by atoms with Crippen molar-refractivity contribution >= 4 is 27.6 Å². The van der Waals surface area contributed by atoms with Gasteiger partial charge in [-0.2, -0.15) is 17.5 Å². The highest BCUT2D eigenvalue weighted by atomic mass is 35.5. The molecule has 0 aliphatic carbocycles. The van der Waals surface area contributed by atoms with Crippen LogP contribution in [-0.2, 0) is 32.3 Å². The Labute approximate surface area is 175 Å². The molecule has 12 heteroatoms. The van der Waals surface area contributed by atoms with E-state index in [9.17, 15) is 26.4 Å². The first-order chi connectivity index (χ1) is 14.0. The van der Waals surface area contributed by atoms with E-state index >= 15 is 0 Å². The fraction of sp³-hybridized carbons (Fsp3) is 0.444. The number of hydrogen-bond acceptors (Lipinski definition) is 6. The predicted molar refractivity (Wildman–Crippen MR) is 99.0 cm³/mol. The monoisotopic (exact) mass is 466 g/mol. The second kappa shape index (κ2) is 8.56. The third-order valence-corrected chi connectivity index (χ3v) is 6.93. The number of carbonyl (C=O) groups excluding carboxylic acids is 1. The van der Waals surface area contributed by atoms with E-state index in [-0.39, 0.29) is 32.5 Å². The summed E-state index contributed by atoms with van der Waals surface area (Å²) in [5.74, 6) is -0.618. The maximum Gasteiger partial charge on any atom is 0.417 e. The summed E-state index contributed by atoms with van der Waals surface area (Å²) < 4.78 is 75.8. The molecule has 1 saturated heterocycles. The van der Waals surface area contributed by atoms with Crippen molar-refractivity contribution < 1.29 is 35.6 Å². The Morgan fingerprint density at radius 1 is 1.30 bits per heavy atom. The zero-order valence-electron chi connectivity index (χ0n) is 15.8. The molecular weight excluding hydrogens is 449 g/mol. The molecule has 2 heterocycles. The normalized spacial score (nSPS) is 16.6. The molecule has 1 aliphatic heterocycles. The van der Waals surface area contributed by atoms with Crippen molar-refractivity contribution in [2.45, 2.75) is 37.4 Å². The fourth-order valence-electron chi connectivity index (χ4n) is 3.11. The average molecular weight is 467 g/mol. The van der Waals surface area contributed by atoms with Crippen LogP contribution < -0.4 is 0 Å². The van der Waals surface area contributed by atoms with E-state index in [0.29, 0.717) is 17.5 Å². The molecule has 7 nitrogen and oxygen atoms in total. The summed E-state index contributed by atoms with van der Waals surface area (Å²) in [6.07, 6.45) is -4.40. The maximum atomic E-state index is 13.0. The average Bonchev–Trinajstić information content (AvgIpc) is 3.10. The number of nitrogens with zero attached hydrogens (tertiary/aromatic N) is 2. The molecule has 0 radical (unpaired) electrons. The molecule has 2 aromatic rings. The van der Waals surface area contributed by atoms with Crippen LogP contribution in [0.5, 0.6) is 0 Å². The van der Waals surface area contributed by atoms with Crippen LogP contribution >= 0.6 is 11.6 Å². The Balaban J connectivity index is 1.63. The van der Waals surface area contributed by atoms with Crippen molar-refractivity contribution in [1.82, 2.24) is 9.46 Å². The van der Waals surface area contributed by atoms with Gasteiger partial charge in [-0.1, -0.05) is 16.8 Å². The van der Waals surface area contributed by atoms with Gasteiger partial charge in [-0.25, -0.2) is 8.42 Å². The molecule has 3 rings (SSSR count). The molecular formula is C18H18ClF3N2O5S. The highest BCUT2D eigenvalue weighted by Crippen LogP contribution is 2.36. The molecule has 1 aromatic heterocycles. The van der Waals surface area contributed by atoms with E-state index < -0.39 is 43.6 Å². The van der Waals surface area contributed by atoms with Gasteiger partial charge in [0, 0.05) is 19.2 Å². The Morgan fingerprint density at radius 3 is 2.53 bits per heavy atom. The van der Waals surface area contributed by atoms with Gasteiger partial charge in [0.15, 0.2) is 12.4 Å². The standard InChI is InChI=1S/C18H18ClF3N2O5S/c1-11-8-13(29-23-11)10-28-17(25)12-4-6-24(7-5-12)30(26,27)14-2-3-16(19)15(9-14)18(20,21)22/h2-3,8-9,12H,4-7,10H2,1H3. The van der Waals surface area contributed by atoms with Crippen molar-refractivity contribution in [2.24, 2.45) is 5.92 Å². The number of rotatable bonds is 5. The molecule has 164 valence electrons. The Kier molecular flexibility index (Phi) is 6.44. The number of carbonyl (C=O) groups is 1. The van der Waals surface area contributed by atoms with Crippen molar-refractivity contribution in [3.63, 3.8) is 0 Å². The van der Waals surface area contributed by atoms with Crippen LogP contribution in [0.15, 0.2) is 33.7 Å². The van der Waals surface area contributed by atoms with E-state index in [1.807, 2.05) is 0 Å². The fourth-order valence-corrected chi connectivity index (χ4v) is 4.83. The first kappa shape index (κ1) is 22.6. The number of ether oxygens (including phenoxy) is 1. The number of aromatic nitrogens is 1. The number of alkyl halides is 3.